The van der Waals surface area contributed by atoms with Gasteiger partial charge in [0, 0.05) is 34.1 Å². The molecule has 1 aliphatic heterocycles. The fourth-order valence-corrected chi connectivity index (χ4v) is 7.06. The quantitative estimate of drug-likeness (QED) is 0.224. The number of hydrogen-bond acceptors (Lipinski definition) is 2. The van der Waals surface area contributed by atoms with E-state index >= 15 is 0 Å². The van der Waals surface area contributed by atoms with Gasteiger partial charge in [-0.15, -0.1) is 0 Å². The number of para-hydroxylation sites is 4. The van der Waals surface area contributed by atoms with Crippen LogP contribution in [-0.2, 0) is 0 Å². The molecule has 1 aliphatic rings. The van der Waals surface area contributed by atoms with E-state index in [0.29, 0.717) is 0 Å². The minimum absolute atomic E-state index is 0.135. The highest BCUT2D eigenvalue weighted by Crippen LogP contribution is 2.53. The Hall–Kier alpha value is -4.96. The molecule has 0 aliphatic carbocycles. The molecule has 3 heterocycles. The molecule has 8 rings (SSSR count). The van der Waals surface area contributed by atoms with Gasteiger partial charge in [0.2, 0.25) is 0 Å². The standard InChI is InChI=1S/C37H32N4/c1-4-38-26(3)39(37-36(38)31-20-12-14-22-33(31)41(37)28-17-9-6-10-18-28)34-25(2)23-24-30-29-19-11-13-21-32(29)40(35(30)34)27-15-7-5-8-16-27/h5-24,26H,4H2,1-3H3/t26-/m0/s1. The summed E-state index contributed by atoms with van der Waals surface area (Å²) < 4.78 is 4.92. The molecule has 1 atom stereocenters. The average Bonchev–Trinajstić information content (AvgIpc) is 3.63. The maximum atomic E-state index is 2.60. The minimum Gasteiger partial charge on any atom is -0.348 e. The van der Waals surface area contributed by atoms with Gasteiger partial charge >= 0.3 is 0 Å². The highest BCUT2D eigenvalue weighted by molar-refractivity contribution is 6.16. The predicted octanol–water partition coefficient (Wildman–Crippen LogP) is 9.36. The van der Waals surface area contributed by atoms with Crippen molar-refractivity contribution in [3.8, 4) is 11.4 Å². The first-order valence-electron chi connectivity index (χ1n) is 14.5. The maximum Gasteiger partial charge on any atom is 0.144 e. The van der Waals surface area contributed by atoms with Crippen LogP contribution in [0.15, 0.2) is 121 Å². The number of aryl methyl sites for hydroxylation is 1. The van der Waals surface area contributed by atoms with Crippen molar-refractivity contribution in [2.75, 3.05) is 16.3 Å². The molecule has 0 bridgehead atoms. The number of fused-ring (bicyclic) bond motifs is 6. The highest BCUT2D eigenvalue weighted by Gasteiger charge is 2.40. The smallest absolute Gasteiger partial charge is 0.144 e. The number of anilines is 3. The van der Waals surface area contributed by atoms with Crippen molar-refractivity contribution in [1.82, 2.24) is 9.13 Å². The lowest BCUT2D eigenvalue weighted by molar-refractivity contribution is 0.687. The van der Waals surface area contributed by atoms with E-state index in [2.05, 4.69) is 161 Å². The molecule has 0 unspecified atom stereocenters. The predicted molar refractivity (Wildman–Crippen MR) is 173 cm³/mol. The van der Waals surface area contributed by atoms with Gasteiger partial charge in [-0.1, -0.05) is 84.9 Å². The van der Waals surface area contributed by atoms with Crippen LogP contribution in [0.2, 0.25) is 0 Å². The molecule has 0 saturated heterocycles. The number of benzene rings is 5. The summed E-state index contributed by atoms with van der Waals surface area (Å²) in [5, 5.41) is 3.84. The second-order valence-corrected chi connectivity index (χ2v) is 11.0. The molecule has 0 N–H and O–H groups in total. The van der Waals surface area contributed by atoms with Gasteiger partial charge in [0.1, 0.15) is 12.0 Å². The summed E-state index contributed by atoms with van der Waals surface area (Å²) in [6.07, 6.45) is 0.135. The average molecular weight is 533 g/mol. The third kappa shape index (κ3) is 3.28. The van der Waals surface area contributed by atoms with Gasteiger partial charge in [-0.05, 0) is 62.7 Å². The van der Waals surface area contributed by atoms with Crippen molar-refractivity contribution in [3.63, 3.8) is 0 Å². The Bertz CT molecular complexity index is 2070. The molecule has 0 saturated carbocycles. The summed E-state index contributed by atoms with van der Waals surface area (Å²) >= 11 is 0. The Morgan fingerprint density at radius 1 is 0.561 bits per heavy atom. The molecule has 2 aromatic heterocycles. The first-order chi connectivity index (χ1) is 20.2. The van der Waals surface area contributed by atoms with Crippen LogP contribution in [0.3, 0.4) is 0 Å². The minimum atomic E-state index is 0.135. The first kappa shape index (κ1) is 23.9. The zero-order valence-corrected chi connectivity index (χ0v) is 23.6. The molecule has 4 heteroatoms. The topological polar surface area (TPSA) is 16.3 Å². The second-order valence-electron chi connectivity index (χ2n) is 11.0. The van der Waals surface area contributed by atoms with Crippen LogP contribution in [0.25, 0.3) is 44.1 Å². The fraction of sp³-hybridized carbons (Fsp3) is 0.135. The molecule has 0 amide bonds. The largest absolute Gasteiger partial charge is 0.348 e. The Labute approximate surface area is 240 Å². The first-order valence-corrected chi connectivity index (χ1v) is 14.5. The van der Waals surface area contributed by atoms with Gasteiger partial charge < -0.3 is 14.4 Å². The molecule has 41 heavy (non-hydrogen) atoms. The van der Waals surface area contributed by atoms with Gasteiger partial charge in [-0.2, -0.15) is 0 Å². The fourth-order valence-electron chi connectivity index (χ4n) is 7.06. The zero-order chi connectivity index (χ0) is 27.7. The lowest BCUT2D eigenvalue weighted by Crippen LogP contribution is -2.39. The Morgan fingerprint density at radius 3 is 1.78 bits per heavy atom. The van der Waals surface area contributed by atoms with E-state index in [9.17, 15) is 0 Å². The van der Waals surface area contributed by atoms with E-state index in [4.69, 9.17) is 0 Å². The van der Waals surface area contributed by atoms with Crippen LogP contribution in [0.5, 0.6) is 0 Å². The molecule has 0 fully saturated rings. The lowest BCUT2D eigenvalue weighted by atomic mass is 10.1. The van der Waals surface area contributed by atoms with Gasteiger partial charge in [-0.3, -0.25) is 4.57 Å². The van der Waals surface area contributed by atoms with Gasteiger partial charge in [-0.25, -0.2) is 0 Å². The van der Waals surface area contributed by atoms with Crippen LogP contribution >= 0.6 is 0 Å². The number of rotatable bonds is 4. The normalized spacial score (nSPS) is 15.0. The summed E-state index contributed by atoms with van der Waals surface area (Å²) in [6, 6.07) is 43.9. The molecular formula is C37H32N4. The van der Waals surface area contributed by atoms with Crippen molar-refractivity contribution in [3.05, 3.63) is 127 Å². The van der Waals surface area contributed by atoms with Gasteiger partial charge in [0.15, 0.2) is 0 Å². The molecule has 7 aromatic rings. The SMILES string of the molecule is CCN1c2c(n(-c3ccccc3)c3ccccc23)N(c2c(C)ccc3c4ccccc4n(-c4ccccc4)c23)[C@H]1C. The second kappa shape index (κ2) is 9.03. The summed E-state index contributed by atoms with van der Waals surface area (Å²) in [6.45, 7) is 7.80. The molecule has 5 aromatic carbocycles. The van der Waals surface area contributed by atoms with Gasteiger partial charge in [0.05, 0.1) is 27.9 Å². The molecule has 200 valence electrons. The number of hydrogen-bond donors (Lipinski definition) is 0. The lowest BCUT2D eigenvalue weighted by Gasteiger charge is -2.33. The summed E-state index contributed by atoms with van der Waals surface area (Å²) in [5.74, 6) is 1.23. The van der Waals surface area contributed by atoms with Crippen LogP contribution in [-0.4, -0.2) is 21.8 Å². The van der Waals surface area contributed by atoms with E-state index in [0.717, 1.165) is 6.54 Å². The van der Waals surface area contributed by atoms with Crippen molar-refractivity contribution in [2.24, 2.45) is 0 Å². The summed E-state index contributed by atoms with van der Waals surface area (Å²) in [4.78, 5) is 5.16. The Kier molecular flexibility index (Phi) is 5.26. The van der Waals surface area contributed by atoms with Crippen molar-refractivity contribution in [2.45, 2.75) is 26.9 Å². The van der Waals surface area contributed by atoms with Crippen molar-refractivity contribution >= 4 is 49.9 Å². The van der Waals surface area contributed by atoms with E-state index < -0.39 is 0 Å². The van der Waals surface area contributed by atoms with E-state index in [1.165, 1.54) is 66.8 Å². The van der Waals surface area contributed by atoms with Crippen molar-refractivity contribution in [1.29, 1.82) is 0 Å². The summed E-state index contributed by atoms with van der Waals surface area (Å²) in [5.41, 5.74) is 9.87. The number of aromatic nitrogens is 2. The van der Waals surface area contributed by atoms with Crippen LogP contribution in [0.4, 0.5) is 17.2 Å². The van der Waals surface area contributed by atoms with Crippen LogP contribution in [0.1, 0.15) is 19.4 Å². The molecule has 0 spiro atoms. The van der Waals surface area contributed by atoms with E-state index in [1.54, 1.807) is 0 Å². The van der Waals surface area contributed by atoms with Crippen molar-refractivity contribution < 1.29 is 0 Å². The number of nitrogens with zero attached hydrogens (tertiary/aromatic N) is 4. The Morgan fingerprint density at radius 2 is 1.12 bits per heavy atom. The molecule has 0 radical (unpaired) electrons. The summed E-state index contributed by atoms with van der Waals surface area (Å²) in [7, 11) is 0. The molecule has 4 nitrogen and oxygen atoms in total. The highest BCUT2D eigenvalue weighted by atomic mass is 15.5. The third-order valence-corrected chi connectivity index (χ3v) is 8.79. The van der Waals surface area contributed by atoms with Crippen LogP contribution in [0, 0.1) is 6.92 Å². The van der Waals surface area contributed by atoms with E-state index in [1.807, 2.05) is 0 Å². The molecular weight excluding hydrogens is 500 g/mol. The monoisotopic (exact) mass is 532 g/mol. The maximum absolute atomic E-state index is 2.60. The Balaban J connectivity index is 1.54. The third-order valence-electron chi connectivity index (χ3n) is 8.79. The zero-order valence-electron chi connectivity index (χ0n) is 23.6. The van der Waals surface area contributed by atoms with Gasteiger partial charge in [0.25, 0.3) is 0 Å². The van der Waals surface area contributed by atoms with Crippen LogP contribution < -0.4 is 9.80 Å². The van der Waals surface area contributed by atoms with E-state index in [-0.39, 0.29) is 6.17 Å².